The lowest BCUT2D eigenvalue weighted by Gasteiger charge is -2.29. The predicted molar refractivity (Wildman–Crippen MR) is 69.9 cm³/mol. The van der Waals surface area contributed by atoms with Crippen LogP contribution < -0.4 is 0 Å². The number of alkyl halides is 2. The molecule has 100 valence electrons. The summed E-state index contributed by atoms with van der Waals surface area (Å²) < 4.78 is 31.5. The number of allylic oxidation sites excluding steroid dienone is 3. The van der Waals surface area contributed by atoms with Gasteiger partial charge in [-0.05, 0) is 25.8 Å². The summed E-state index contributed by atoms with van der Waals surface area (Å²) in [7, 11) is 0. The van der Waals surface area contributed by atoms with Gasteiger partial charge in [0, 0.05) is 19.0 Å². The highest BCUT2D eigenvalue weighted by atomic mass is 19.3. The zero-order chi connectivity index (χ0) is 13.6. The van der Waals surface area contributed by atoms with E-state index in [4.69, 9.17) is 4.74 Å². The van der Waals surface area contributed by atoms with Gasteiger partial charge in [-0.15, -0.1) is 0 Å². The number of hydrogen-bond donors (Lipinski definition) is 0. The van der Waals surface area contributed by atoms with Gasteiger partial charge in [0.15, 0.2) is 0 Å². The first-order chi connectivity index (χ1) is 8.44. The van der Waals surface area contributed by atoms with Gasteiger partial charge in [0.2, 0.25) is 5.92 Å². The second-order valence-electron chi connectivity index (χ2n) is 4.39. The lowest BCUT2D eigenvalue weighted by Crippen LogP contribution is -2.29. The summed E-state index contributed by atoms with van der Waals surface area (Å²) in [5.74, 6) is -2.09. The van der Waals surface area contributed by atoms with Crippen molar-refractivity contribution in [3.05, 3.63) is 37.3 Å². The largest absolute Gasteiger partial charge is 0.489 e. The second-order valence-corrected chi connectivity index (χ2v) is 4.39. The van der Waals surface area contributed by atoms with E-state index >= 15 is 0 Å². The summed E-state index contributed by atoms with van der Waals surface area (Å²) in [4.78, 5) is 4.10. The summed E-state index contributed by atoms with van der Waals surface area (Å²) in [5, 5.41) is 0. The third-order valence-corrected chi connectivity index (χ3v) is 2.87. The molecule has 0 aliphatic heterocycles. The van der Waals surface area contributed by atoms with E-state index in [1.54, 1.807) is 25.3 Å². The van der Waals surface area contributed by atoms with E-state index in [1.165, 1.54) is 0 Å². The zero-order valence-corrected chi connectivity index (χ0v) is 10.7. The van der Waals surface area contributed by atoms with Crippen molar-refractivity contribution in [2.45, 2.75) is 44.6 Å². The maximum absolute atomic E-state index is 13.0. The number of rotatable bonds is 5. The number of halogens is 2. The first kappa shape index (κ1) is 14.6. The van der Waals surface area contributed by atoms with Crippen molar-refractivity contribution < 1.29 is 13.5 Å². The Labute approximate surface area is 107 Å². The normalized spacial score (nSPS) is 20.9. The van der Waals surface area contributed by atoms with Crippen molar-refractivity contribution in [2.24, 2.45) is 4.99 Å². The minimum Gasteiger partial charge on any atom is -0.489 e. The highest BCUT2D eigenvalue weighted by molar-refractivity contribution is 5.96. The van der Waals surface area contributed by atoms with Crippen LogP contribution in [0.5, 0.6) is 0 Å². The van der Waals surface area contributed by atoms with Crippen LogP contribution in [-0.4, -0.2) is 17.7 Å². The smallest absolute Gasteiger partial charge is 0.248 e. The highest BCUT2D eigenvalue weighted by Gasteiger charge is 2.35. The topological polar surface area (TPSA) is 21.6 Å². The Kier molecular flexibility index (Phi) is 5.25. The second kappa shape index (κ2) is 6.47. The Balaban J connectivity index is 2.43. The summed E-state index contributed by atoms with van der Waals surface area (Å²) >= 11 is 0. The Hall–Kier alpha value is -1.45. The molecule has 2 nitrogen and oxygen atoms in total. The van der Waals surface area contributed by atoms with E-state index in [9.17, 15) is 8.78 Å². The lowest BCUT2D eigenvalue weighted by molar-refractivity contribution is -0.0670. The van der Waals surface area contributed by atoms with Crippen LogP contribution in [0.25, 0.3) is 0 Å². The standard InChI is InChI=1S/C14H19F2NO/c1-4-5-10-17-11(2)12(3)18-13-6-8-14(15,16)9-7-13/h4-5,10,13H,1,3,6-9H2,2H3/b10-5-,17-11?. The van der Waals surface area contributed by atoms with Crippen LogP contribution in [0.1, 0.15) is 32.6 Å². The number of nitrogens with zero attached hydrogens (tertiary/aromatic N) is 1. The van der Waals surface area contributed by atoms with E-state index in [0.717, 1.165) is 0 Å². The number of hydrogen-bond acceptors (Lipinski definition) is 2. The molecule has 0 spiro atoms. The molecule has 0 aromatic carbocycles. The van der Waals surface area contributed by atoms with E-state index < -0.39 is 5.92 Å². The van der Waals surface area contributed by atoms with Crippen LogP contribution in [0.3, 0.4) is 0 Å². The first-order valence-electron chi connectivity index (χ1n) is 6.00. The molecule has 1 aliphatic carbocycles. The van der Waals surface area contributed by atoms with Gasteiger partial charge in [-0.25, -0.2) is 8.78 Å². The lowest BCUT2D eigenvalue weighted by atomic mass is 9.94. The van der Waals surface area contributed by atoms with Gasteiger partial charge in [-0.1, -0.05) is 19.2 Å². The molecular weight excluding hydrogens is 236 g/mol. The Morgan fingerprint density at radius 2 is 2.00 bits per heavy atom. The highest BCUT2D eigenvalue weighted by Crippen LogP contribution is 2.34. The van der Waals surface area contributed by atoms with Crippen molar-refractivity contribution >= 4 is 5.71 Å². The minimum atomic E-state index is -2.53. The molecule has 0 atom stereocenters. The van der Waals surface area contributed by atoms with Crippen LogP contribution in [0.2, 0.25) is 0 Å². The van der Waals surface area contributed by atoms with Gasteiger partial charge in [0.05, 0.1) is 11.8 Å². The molecular formula is C14H19F2NO. The third-order valence-electron chi connectivity index (χ3n) is 2.87. The third kappa shape index (κ3) is 4.82. The van der Waals surface area contributed by atoms with Gasteiger partial charge in [-0.3, -0.25) is 4.99 Å². The van der Waals surface area contributed by atoms with Crippen molar-refractivity contribution in [1.29, 1.82) is 0 Å². The number of ether oxygens (including phenoxy) is 1. The molecule has 1 aliphatic rings. The van der Waals surface area contributed by atoms with E-state index in [1.807, 2.05) is 0 Å². The van der Waals surface area contributed by atoms with Crippen LogP contribution in [0.15, 0.2) is 42.3 Å². The van der Waals surface area contributed by atoms with Crippen LogP contribution in [0, 0.1) is 0 Å². The monoisotopic (exact) mass is 255 g/mol. The molecule has 1 fully saturated rings. The summed E-state index contributed by atoms with van der Waals surface area (Å²) in [5.41, 5.74) is 0.644. The molecule has 0 unspecified atom stereocenters. The summed E-state index contributed by atoms with van der Waals surface area (Å²) in [6.07, 6.45) is 5.22. The molecule has 0 heterocycles. The Morgan fingerprint density at radius 3 is 2.56 bits per heavy atom. The van der Waals surface area contributed by atoms with Crippen LogP contribution in [0.4, 0.5) is 8.78 Å². The summed E-state index contributed by atoms with van der Waals surface area (Å²) in [6.45, 7) is 9.06. The Morgan fingerprint density at radius 1 is 1.39 bits per heavy atom. The first-order valence-corrected chi connectivity index (χ1v) is 6.00. The van der Waals surface area contributed by atoms with Gasteiger partial charge in [-0.2, -0.15) is 0 Å². The van der Waals surface area contributed by atoms with Crippen molar-refractivity contribution in [1.82, 2.24) is 0 Å². The Bertz CT molecular complexity index is 362. The quantitative estimate of drug-likeness (QED) is 0.409. The predicted octanol–water partition coefficient (Wildman–Crippen LogP) is 4.26. The average molecular weight is 255 g/mol. The molecule has 18 heavy (non-hydrogen) atoms. The maximum Gasteiger partial charge on any atom is 0.248 e. The molecule has 0 aromatic heterocycles. The molecule has 0 aromatic rings. The molecule has 0 saturated heterocycles. The van der Waals surface area contributed by atoms with Crippen LogP contribution in [-0.2, 0) is 4.74 Å². The molecule has 1 saturated carbocycles. The molecule has 0 amide bonds. The fourth-order valence-electron chi connectivity index (χ4n) is 1.71. The molecule has 1 rings (SSSR count). The van der Waals surface area contributed by atoms with Gasteiger partial charge in [0.1, 0.15) is 5.76 Å². The molecule has 4 heteroatoms. The number of aliphatic imine (C=N–C) groups is 1. The fraction of sp³-hybridized carbons (Fsp3) is 0.500. The molecule has 0 radical (unpaired) electrons. The molecule has 0 bridgehead atoms. The van der Waals surface area contributed by atoms with Crippen LogP contribution >= 0.6 is 0 Å². The maximum atomic E-state index is 13.0. The average Bonchev–Trinajstić information content (AvgIpc) is 2.32. The van der Waals surface area contributed by atoms with E-state index in [-0.39, 0.29) is 18.9 Å². The van der Waals surface area contributed by atoms with E-state index in [0.29, 0.717) is 24.3 Å². The van der Waals surface area contributed by atoms with Crippen molar-refractivity contribution in [2.75, 3.05) is 0 Å². The zero-order valence-electron chi connectivity index (χ0n) is 10.7. The minimum absolute atomic E-state index is 0.114. The van der Waals surface area contributed by atoms with Crippen molar-refractivity contribution in [3.8, 4) is 0 Å². The van der Waals surface area contributed by atoms with Gasteiger partial charge < -0.3 is 4.74 Å². The van der Waals surface area contributed by atoms with Gasteiger partial charge in [0.25, 0.3) is 0 Å². The van der Waals surface area contributed by atoms with E-state index in [2.05, 4.69) is 18.2 Å². The summed E-state index contributed by atoms with van der Waals surface area (Å²) in [6, 6.07) is 0. The fourth-order valence-corrected chi connectivity index (χ4v) is 1.71. The molecule has 0 N–H and O–H groups in total. The SMILES string of the molecule is C=C/C=C\N=C(C)C(=C)OC1CCC(F)(F)CC1. The van der Waals surface area contributed by atoms with Crippen molar-refractivity contribution in [3.63, 3.8) is 0 Å². The van der Waals surface area contributed by atoms with Gasteiger partial charge >= 0.3 is 0 Å².